The number of benzene rings is 1. The lowest BCUT2D eigenvalue weighted by Crippen LogP contribution is -2.29. The van der Waals surface area contributed by atoms with Crippen LogP contribution in [0, 0.1) is 5.82 Å². The van der Waals surface area contributed by atoms with Gasteiger partial charge in [0.25, 0.3) is 0 Å². The van der Waals surface area contributed by atoms with E-state index in [-0.39, 0.29) is 23.7 Å². The second-order valence-corrected chi connectivity index (χ2v) is 5.76. The molecule has 0 aliphatic rings. The third-order valence-corrected chi connectivity index (χ3v) is 3.74. The van der Waals surface area contributed by atoms with Crippen LogP contribution < -0.4 is 10.6 Å². The lowest BCUT2D eigenvalue weighted by molar-refractivity contribution is -0.140. The number of fused-ring (bicyclic) bond motifs is 1. The zero-order chi connectivity index (χ0) is 21.4. The van der Waals surface area contributed by atoms with E-state index in [1.54, 1.807) is 0 Å². The van der Waals surface area contributed by atoms with Gasteiger partial charge in [-0.3, -0.25) is 4.40 Å². The number of nitrogens with one attached hydrogen (secondary N) is 2. The SMILES string of the molecule is O=C(NCc1nnc2ccc(C(F)(F)F)cn12)Nc1ccc(C(F)(F)F)c(F)c1. The Morgan fingerprint density at radius 2 is 1.72 bits per heavy atom. The van der Waals surface area contributed by atoms with Crippen molar-refractivity contribution in [1.29, 1.82) is 0 Å². The van der Waals surface area contributed by atoms with Crippen molar-refractivity contribution < 1.29 is 35.5 Å². The molecule has 0 atom stereocenters. The Labute approximate surface area is 157 Å². The van der Waals surface area contributed by atoms with E-state index in [4.69, 9.17) is 0 Å². The minimum Gasteiger partial charge on any atom is -0.331 e. The molecule has 0 aliphatic heterocycles. The van der Waals surface area contributed by atoms with E-state index < -0.39 is 35.3 Å². The van der Waals surface area contributed by atoms with E-state index >= 15 is 0 Å². The van der Waals surface area contributed by atoms with Crippen molar-refractivity contribution in [3.8, 4) is 0 Å². The third kappa shape index (κ3) is 4.55. The number of hydrogen-bond acceptors (Lipinski definition) is 3. The molecular weight excluding hydrogens is 411 g/mol. The van der Waals surface area contributed by atoms with Gasteiger partial charge in [-0.25, -0.2) is 9.18 Å². The molecule has 3 rings (SSSR count). The number of urea groups is 1. The highest BCUT2D eigenvalue weighted by Crippen LogP contribution is 2.32. The van der Waals surface area contributed by atoms with Gasteiger partial charge in [0, 0.05) is 11.9 Å². The van der Waals surface area contributed by atoms with Gasteiger partial charge in [-0.05, 0) is 30.3 Å². The van der Waals surface area contributed by atoms with Crippen molar-refractivity contribution in [2.45, 2.75) is 18.9 Å². The van der Waals surface area contributed by atoms with Crippen molar-refractivity contribution in [3.05, 3.63) is 59.3 Å². The Kier molecular flexibility index (Phi) is 5.07. The van der Waals surface area contributed by atoms with Gasteiger partial charge in [-0.15, -0.1) is 10.2 Å². The summed E-state index contributed by atoms with van der Waals surface area (Å²) in [4.78, 5) is 11.9. The van der Waals surface area contributed by atoms with E-state index in [0.717, 1.165) is 28.8 Å². The molecule has 3 aromatic rings. The van der Waals surface area contributed by atoms with Crippen molar-refractivity contribution in [1.82, 2.24) is 19.9 Å². The first-order valence-electron chi connectivity index (χ1n) is 7.77. The smallest absolute Gasteiger partial charge is 0.331 e. The summed E-state index contributed by atoms with van der Waals surface area (Å²) in [5.41, 5.74) is -2.58. The van der Waals surface area contributed by atoms with Crippen molar-refractivity contribution in [2.24, 2.45) is 0 Å². The maximum Gasteiger partial charge on any atom is 0.419 e. The summed E-state index contributed by atoms with van der Waals surface area (Å²) in [5, 5.41) is 11.7. The number of halogens is 7. The predicted molar refractivity (Wildman–Crippen MR) is 85.2 cm³/mol. The van der Waals surface area contributed by atoms with Gasteiger partial charge in [0.15, 0.2) is 11.5 Å². The fraction of sp³-hybridized carbons (Fsp3) is 0.188. The van der Waals surface area contributed by atoms with Gasteiger partial charge in [0.2, 0.25) is 0 Å². The highest BCUT2D eigenvalue weighted by atomic mass is 19.4. The Morgan fingerprint density at radius 3 is 2.34 bits per heavy atom. The molecule has 0 unspecified atom stereocenters. The molecule has 2 heterocycles. The summed E-state index contributed by atoms with van der Waals surface area (Å²) < 4.78 is 90.5. The van der Waals surface area contributed by atoms with Crippen LogP contribution in [0.15, 0.2) is 36.5 Å². The second-order valence-electron chi connectivity index (χ2n) is 5.76. The molecule has 6 nitrogen and oxygen atoms in total. The minimum absolute atomic E-state index is 0.0279. The fourth-order valence-corrected chi connectivity index (χ4v) is 2.38. The summed E-state index contributed by atoms with van der Waals surface area (Å²) in [6.07, 6.45) is -8.71. The summed E-state index contributed by atoms with van der Waals surface area (Å²) in [5.74, 6) is -1.60. The molecule has 0 saturated heterocycles. The van der Waals surface area contributed by atoms with Gasteiger partial charge in [0.05, 0.1) is 17.7 Å². The van der Waals surface area contributed by atoms with E-state index in [1.807, 2.05) is 0 Å². The molecule has 2 N–H and O–H groups in total. The monoisotopic (exact) mass is 421 g/mol. The van der Waals surface area contributed by atoms with Gasteiger partial charge >= 0.3 is 18.4 Å². The van der Waals surface area contributed by atoms with Crippen LogP contribution in [0.1, 0.15) is 17.0 Å². The Morgan fingerprint density at radius 1 is 1.00 bits per heavy atom. The largest absolute Gasteiger partial charge is 0.419 e. The summed E-state index contributed by atoms with van der Waals surface area (Å²) in [6.45, 7) is -0.350. The number of hydrogen-bond donors (Lipinski definition) is 2. The number of amides is 2. The fourth-order valence-electron chi connectivity index (χ4n) is 2.38. The minimum atomic E-state index is -4.88. The Bertz CT molecular complexity index is 1060. The van der Waals surface area contributed by atoms with Crippen LogP contribution in [-0.2, 0) is 18.9 Å². The van der Waals surface area contributed by atoms with Crippen LogP contribution >= 0.6 is 0 Å². The predicted octanol–water partition coefficient (Wildman–Crippen LogP) is 4.23. The van der Waals surface area contributed by atoms with Gasteiger partial charge in [0.1, 0.15) is 5.82 Å². The van der Waals surface area contributed by atoms with Crippen molar-refractivity contribution in [2.75, 3.05) is 5.32 Å². The molecule has 2 amide bonds. The number of anilines is 1. The van der Waals surface area contributed by atoms with Gasteiger partial charge < -0.3 is 10.6 Å². The summed E-state index contributed by atoms with van der Waals surface area (Å²) >= 11 is 0. The number of alkyl halides is 6. The molecule has 154 valence electrons. The molecule has 0 fully saturated rings. The van der Waals surface area contributed by atoms with Crippen molar-refractivity contribution >= 4 is 17.4 Å². The van der Waals surface area contributed by atoms with Crippen LogP contribution in [0.25, 0.3) is 5.65 Å². The number of rotatable bonds is 3. The highest BCUT2D eigenvalue weighted by molar-refractivity contribution is 5.89. The second kappa shape index (κ2) is 7.22. The molecule has 0 saturated carbocycles. The van der Waals surface area contributed by atoms with E-state index in [0.29, 0.717) is 12.1 Å². The first-order valence-corrected chi connectivity index (χ1v) is 7.77. The average molecular weight is 421 g/mol. The average Bonchev–Trinajstić information content (AvgIpc) is 3.00. The lowest BCUT2D eigenvalue weighted by Gasteiger charge is -2.11. The normalized spacial score (nSPS) is 12.2. The maximum absolute atomic E-state index is 13.5. The summed E-state index contributed by atoms with van der Waals surface area (Å²) in [6, 6.07) is 2.80. The van der Waals surface area contributed by atoms with E-state index in [2.05, 4.69) is 20.8 Å². The standard InChI is InChI=1S/C16H10F7N5O/c17-11-5-9(2-3-10(11)16(21,22)23)25-14(29)24-6-13-27-26-12-4-1-8(7-28(12)13)15(18,19)20/h1-5,7H,6H2,(H2,24,25,29). The molecule has 29 heavy (non-hydrogen) atoms. The molecule has 0 aliphatic carbocycles. The van der Waals surface area contributed by atoms with Crippen LogP contribution in [0.5, 0.6) is 0 Å². The number of carbonyl (C=O) groups excluding carboxylic acids is 1. The Balaban J connectivity index is 1.69. The lowest BCUT2D eigenvalue weighted by atomic mass is 10.2. The number of pyridine rings is 1. The zero-order valence-electron chi connectivity index (χ0n) is 14.1. The molecule has 1 aromatic carbocycles. The molecule has 13 heteroatoms. The van der Waals surface area contributed by atoms with Gasteiger partial charge in [-0.1, -0.05) is 0 Å². The number of carbonyl (C=O) groups is 1. The van der Waals surface area contributed by atoms with Crippen LogP contribution in [0.3, 0.4) is 0 Å². The zero-order valence-corrected chi connectivity index (χ0v) is 14.1. The Hall–Kier alpha value is -3.38. The molecule has 0 spiro atoms. The summed E-state index contributed by atoms with van der Waals surface area (Å²) in [7, 11) is 0. The van der Waals surface area contributed by atoms with E-state index in [9.17, 15) is 35.5 Å². The van der Waals surface area contributed by atoms with Crippen LogP contribution in [0.2, 0.25) is 0 Å². The first kappa shape index (κ1) is 20.4. The molecule has 0 radical (unpaired) electrons. The first-order chi connectivity index (χ1) is 13.4. The molecule has 2 aromatic heterocycles. The highest BCUT2D eigenvalue weighted by Gasteiger charge is 2.34. The number of aromatic nitrogens is 3. The van der Waals surface area contributed by atoms with Crippen LogP contribution in [-0.4, -0.2) is 20.6 Å². The quantitative estimate of drug-likeness (QED) is 0.622. The maximum atomic E-state index is 13.5. The topological polar surface area (TPSA) is 71.3 Å². The van der Waals surface area contributed by atoms with Crippen molar-refractivity contribution in [3.63, 3.8) is 0 Å². The molecule has 0 bridgehead atoms. The van der Waals surface area contributed by atoms with Gasteiger partial charge in [-0.2, -0.15) is 26.3 Å². The van der Waals surface area contributed by atoms with Crippen LogP contribution in [0.4, 0.5) is 41.2 Å². The number of nitrogens with zero attached hydrogens (tertiary/aromatic N) is 3. The molecular formula is C16H10F7N5O. The third-order valence-electron chi connectivity index (χ3n) is 3.74. The van der Waals surface area contributed by atoms with E-state index in [1.165, 1.54) is 0 Å².